The van der Waals surface area contributed by atoms with E-state index in [9.17, 15) is 9.18 Å². The van der Waals surface area contributed by atoms with Crippen molar-refractivity contribution in [2.45, 2.75) is 32.2 Å². The van der Waals surface area contributed by atoms with Crippen molar-refractivity contribution in [2.24, 2.45) is 0 Å². The number of benzene rings is 2. The Labute approximate surface area is 160 Å². The van der Waals surface area contributed by atoms with Crippen LogP contribution in [0.4, 0.5) is 15.8 Å². The zero-order valence-corrected chi connectivity index (χ0v) is 15.7. The number of carbonyl (C=O) groups is 1. The van der Waals surface area contributed by atoms with Gasteiger partial charge in [-0.05, 0) is 61.6 Å². The van der Waals surface area contributed by atoms with Gasteiger partial charge in [0.1, 0.15) is 11.9 Å². The molecule has 6 heteroatoms. The summed E-state index contributed by atoms with van der Waals surface area (Å²) in [7, 11) is 0. The molecule has 3 N–H and O–H groups in total. The predicted octanol–water partition coefficient (Wildman–Crippen LogP) is 3.33. The van der Waals surface area contributed by atoms with Crippen LogP contribution in [-0.2, 0) is 17.6 Å². The van der Waals surface area contributed by atoms with Gasteiger partial charge in [-0.2, -0.15) is 0 Å². The second-order valence-electron chi connectivity index (χ2n) is 6.49. The van der Waals surface area contributed by atoms with Crippen molar-refractivity contribution in [3.05, 3.63) is 59.4 Å². The van der Waals surface area contributed by atoms with Gasteiger partial charge in [0, 0.05) is 24.5 Å². The summed E-state index contributed by atoms with van der Waals surface area (Å²) in [5.74, 6) is -0.248. The first-order valence-corrected chi connectivity index (χ1v) is 8.72. The van der Waals surface area contributed by atoms with Crippen LogP contribution in [0, 0.1) is 5.82 Å². The number of nitrogens with zero attached hydrogens (tertiary/aromatic N) is 1. The third-order valence-corrected chi connectivity index (χ3v) is 4.80. The maximum Gasteiger partial charge on any atom is 0.242 e. The van der Waals surface area contributed by atoms with E-state index in [4.69, 9.17) is 5.73 Å². The zero-order valence-electron chi connectivity index (χ0n) is 14.9. The van der Waals surface area contributed by atoms with Crippen LogP contribution in [0.2, 0.25) is 0 Å². The first-order valence-electron chi connectivity index (χ1n) is 8.72. The molecule has 0 aliphatic carbocycles. The fraction of sp³-hybridized carbons (Fsp3) is 0.350. The van der Waals surface area contributed by atoms with E-state index >= 15 is 0 Å². The molecule has 1 heterocycles. The fourth-order valence-electron chi connectivity index (χ4n) is 3.35. The highest BCUT2D eigenvalue weighted by atomic mass is 35.5. The number of nitrogens with two attached hydrogens (primary N) is 1. The van der Waals surface area contributed by atoms with Crippen LogP contribution >= 0.6 is 12.4 Å². The predicted molar refractivity (Wildman–Crippen MR) is 106 cm³/mol. The van der Waals surface area contributed by atoms with Crippen molar-refractivity contribution in [3.8, 4) is 0 Å². The quantitative estimate of drug-likeness (QED) is 0.786. The molecule has 0 fully saturated rings. The van der Waals surface area contributed by atoms with Gasteiger partial charge >= 0.3 is 0 Å². The molecule has 1 atom stereocenters. The number of fused-ring (bicyclic) bond motifs is 1. The van der Waals surface area contributed by atoms with Crippen LogP contribution in [0.3, 0.4) is 0 Å². The number of carbonyl (C=O) groups excluding carboxylic acids is 1. The van der Waals surface area contributed by atoms with E-state index in [1.54, 1.807) is 12.1 Å². The van der Waals surface area contributed by atoms with Crippen LogP contribution in [0.25, 0.3) is 0 Å². The van der Waals surface area contributed by atoms with Crippen molar-refractivity contribution in [1.82, 2.24) is 5.32 Å². The molecule has 1 unspecified atom stereocenters. The molecule has 1 amide bonds. The van der Waals surface area contributed by atoms with E-state index in [1.165, 1.54) is 12.1 Å². The number of hydrogen-bond donors (Lipinski definition) is 2. The molecule has 140 valence electrons. The van der Waals surface area contributed by atoms with Crippen molar-refractivity contribution in [3.63, 3.8) is 0 Å². The summed E-state index contributed by atoms with van der Waals surface area (Å²) in [6.07, 6.45) is 2.63. The lowest BCUT2D eigenvalue weighted by molar-refractivity contribution is -0.122. The first-order chi connectivity index (χ1) is 12.1. The summed E-state index contributed by atoms with van der Waals surface area (Å²) in [5, 5.41) is 2.98. The number of nitrogen functional groups attached to an aromatic ring is 1. The van der Waals surface area contributed by atoms with Crippen LogP contribution in [0.5, 0.6) is 0 Å². The number of nitrogens with one attached hydrogen (secondary N) is 1. The minimum atomic E-state index is -0.255. The molecular formula is C20H25ClFN3O. The second kappa shape index (κ2) is 8.90. The Bertz CT molecular complexity index is 751. The monoisotopic (exact) mass is 377 g/mol. The van der Waals surface area contributed by atoms with Gasteiger partial charge in [0.05, 0.1) is 0 Å². The molecule has 26 heavy (non-hydrogen) atoms. The molecule has 0 saturated heterocycles. The van der Waals surface area contributed by atoms with Crippen molar-refractivity contribution >= 4 is 29.7 Å². The number of hydrogen-bond acceptors (Lipinski definition) is 3. The Morgan fingerprint density at radius 1 is 1.27 bits per heavy atom. The largest absolute Gasteiger partial charge is 0.398 e. The topological polar surface area (TPSA) is 58.4 Å². The number of anilines is 2. The third kappa shape index (κ3) is 4.47. The highest BCUT2D eigenvalue weighted by molar-refractivity contribution is 5.86. The minimum absolute atomic E-state index is 0. The lowest BCUT2D eigenvalue weighted by Crippen LogP contribution is -2.47. The summed E-state index contributed by atoms with van der Waals surface area (Å²) in [5.41, 5.74) is 10.1. The Morgan fingerprint density at radius 2 is 2.00 bits per heavy atom. The van der Waals surface area contributed by atoms with Gasteiger partial charge in [-0.15, -0.1) is 12.4 Å². The van der Waals surface area contributed by atoms with E-state index in [0.29, 0.717) is 13.0 Å². The molecule has 0 radical (unpaired) electrons. The van der Waals surface area contributed by atoms with Crippen LogP contribution < -0.4 is 16.0 Å². The van der Waals surface area contributed by atoms with Gasteiger partial charge in [0.25, 0.3) is 0 Å². The number of rotatable bonds is 5. The average molecular weight is 378 g/mol. The van der Waals surface area contributed by atoms with Crippen molar-refractivity contribution in [2.75, 3.05) is 23.7 Å². The molecular weight excluding hydrogens is 353 g/mol. The Hall–Kier alpha value is -2.27. The highest BCUT2D eigenvalue weighted by Gasteiger charge is 2.26. The smallest absolute Gasteiger partial charge is 0.242 e. The van der Waals surface area contributed by atoms with Gasteiger partial charge in [0.2, 0.25) is 5.91 Å². The molecule has 0 spiro atoms. The molecule has 2 aromatic rings. The van der Waals surface area contributed by atoms with E-state index in [0.717, 1.165) is 41.9 Å². The van der Waals surface area contributed by atoms with Gasteiger partial charge < -0.3 is 16.0 Å². The Morgan fingerprint density at radius 3 is 2.73 bits per heavy atom. The van der Waals surface area contributed by atoms with Crippen LogP contribution in [-0.4, -0.2) is 25.0 Å². The summed E-state index contributed by atoms with van der Waals surface area (Å²) in [4.78, 5) is 14.7. The molecule has 1 aliphatic rings. The van der Waals surface area contributed by atoms with Gasteiger partial charge in [-0.3, -0.25) is 4.79 Å². The standard InChI is InChI=1S/C20H24FN3O.ClH/c1-14(20(25)23-12-11-15-7-9-16(21)10-8-15)24-13-3-4-17-18(22)5-2-6-19(17)24;/h2,5-10,14H,3-4,11-13,22H2,1H3,(H,23,25);1H. The molecule has 0 aromatic heterocycles. The van der Waals surface area contributed by atoms with E-state index in [2.05, 4.69) is 10.2 Å². The lowest BCUT2D eigenvalue weighted by Gasteiger charge is -2.36. The van der Waals surface area contributed by atoms with Crippen LogP contribution in [0.1, 0.15) is 24.5 Å². The summed E-state index contributed by atoms with van der Waals surface area (Å²) >= 11 is 0. The summed E-state index contributed by atoms with van der Waals surface area (Å²) < 4.78 is 12.9. The molecule has 1 aliphatic heterocycles. The van der Waals surface area contributed by atoms with Crippen LogP contribution in [0.15, 0.2) is 42.5 Å². The number of halogens is 2. The maximum absolute atomic E-state index is 12.9. The average Bonchev–Trinajstić information content (AvgIpc) is 2.62. The van der Waals surface area contributed by atoms with Gasteiger partial charge in [-0.25, -0.2) is 4.39 Å². The SMILES string of the molecule is CC(C(=O)NCCc1ccc(F)cc1)N1CCCc2c(N)cccc21.Cl. The van der Waals surface area contributed by atoms with E-state index in [-0.39, 0.29) is 30.2 Å². The van der Waals surface area contributed by atoms with Crippen molar-refractivity contribution in [1.29, 1.82) is 0 Å². The maximum atomic E-state index is 12.9. The Kier molecular flexibility index (Phi) is 6.86. The Balaban J connectivity index is 0.00000243. The molecule has 2 aromatic carbocycles. The van der Waals surface area contributed by atoms with E-state index < -0.39 is 0 Å². The molecule has 0 saturated carbocycles. The minimum Gasteiger partial charge on any atom is -0.398 e. The van der Waals surface area contributed by atoms with Crippen molar-refractivity contribution < 1.29 is 9.18 Å². The highest BCUT2D eigenvalue weighted by Crippen LogP contribution is 2.32. The zero-order chi connectivity index (χ0) is 17.8. The van der Waals surface area contributed by atoms with Gasteiger partial charge in [-0.1, -0.05) is 18.2 Å². The third-order valence-electron chi connectivity index (χ3n) is 4.80. The molecule has 0 bridgehead atoms. The number of amides is 1. The van der Waals surface area contributed by atoms with Gasteiger partial charge in [0.15, 0.2) is 0 Å². The molecule has 4 nitrogen and oxygen atoms in total. The lowest BCUT2D eigenvalue weighted by atomic mass is 9.98. The normalized spacial score (nSPS) is 14.2. The van der Waals surface area contributed by atoms with E-state index in [1.807, 2.05) is 25.1 Å². The summed E-state index contributed by atoms with van der Waals surface area (Å²) in [6, 6.07) is 12.0. The summed E-state index contributed by atoms with van der Waals surface area (Å²) in [6.45, 7) is 3.31. The fourth-order valence-corrected chi connectivity index (χ4v) is 3.35. The first kappa shape index (κ1) is 20.0. The molecule has 3 rings (SSSR count). The second-order valence-corrected chi connectivity index (χ2v) is 6.49.